The minimum Gasteiger partial charge on any atom is -0.294 e. The fourth-order valence-electron chi connectivity index (χ4n) is 3.32. The number of anilines is 1. The zero-order valence-electron chi connectivity index (χ0n) is 15.8. The van der Waals surface area contributed by atoms with Crippen LogP contribution in [0.1, 0.15) is 22.7 Å². The van der Waals surface area contributed by atoms with Gasteiger partial charge in [-0.15, -0.1) is 0 Å². The Morgan fingerprint density at radius 1 is 0.966 bits per heavy atom. The molecule has 0 bridgehead atoms. The lowest BCUT2D eigenvalue weighted by atomic mass is 10.0. The number of halogens is 2. The average molecular weight is 424 g/mol. The first kappa shape index (κ1) is 19.5. The minimum absolute atomic E-state index is 0.249. The third kappa shape index (κ3) is 4.14. The van der Waals surface area contributed by atoms with Crippen LogP contribution in [0.5, 0.6) is 0 Å². The lowest BCUT2D eigenvalue weighted by Crippen LogP contribution is -2.29. The minimum atomic E-state index is -0.371. The second kappa shape index (κ2) is 8.27. The van der Waals surface area contributed by atoms with Crippen molar-refractivity contribution in [3.63, 3.8) is 0 Å². The van der Waals surface area contributed by atoms with E-state index in [0.29, 0.717) is 28.1 Å². The van der Waals surface area contributed by atoms with Gasteiger partial charge in [0.05, 0.1) is 16.6 Å². The van der Waals surface area contributed by atoms with Gasteiger partial charge in [-0.3, -0.25) is 15.2 Å². The van der Waals surface area contributed by atoms with Crippen LogP contribution in [-0.2, 0) is 6.54 Å². The molecule has 1 unspecified atom stereocenters. The van der Waals surface area contributed by atoms with Crippen molar-refractivity contribution in [2.45, 2.75) is 19.5 Å². The number of nitrogens with zero attached hydrogens (tertiary/aromatic N) is 2. The molecule has 1 atom stereocenters. The highest BCUT2D eigenvalue weighted by Crippen LogP contribution is 2.35. The first-order valence-corrected chi connectivity index (χ1v) is 9.98. The molecule has 6 heteroatoms. The van der Waals surface area contributed by atoms with Crippen molar-refractivity contribution in [3.8, 4) is 0 Å². The molecule has 0 aliphatic carbocycles. The molecule has 4 nitrogen and oxygen atoms in total. The van der Waals surface area contributed by atoms with Gasteiger partial charge in [0, 0.05) is 5.69 Å². The van der Waals surface area contributed by atoms with Gasteiger partial charge in [-0.1, -0.05) is 83.4 Å². The summed E-state index contributed by atoms with van der Waals surface area (Å²) in [6, 6.07) is 22.6. The van der Waals surface area contributed by atoms with Gasteiger partial charge in [0.2, 0.25) is 0 Å². The van der Waals surface area contributed by atoms with Gasteiger partial charge in [-0.05, 0) is 36.2 Å². The molecule has 3 aromatic carbocycles. The summed E-state index contributed by atoms with van der Waals surface area (Å²) in [7, 11) is 0. The number of amides is 2. The number of aryl methyl sites for hydroxylation is 1. The van der Waals surface area contributed by atoms with Crippen LogP contribution in [0.25, 0.3) is 0 Å². The van der Waals surface area contributed by atoms with Crippen LogP contribution in [0.2, 0.25) is 10.0 Å². The molecule has 1 heterocycles. The molecule has 1 aliphatic heterocycles. The second-order valence-corrected chi connectivity index (χ2v) is 7.71. The third-order valence-electron chi connectivity index (χ3n) is 4.82. The first-order chi connectivity index (χ1) is 14.0. The van der Waals surface area contributed by atoms with Crippen molar-refractivity contribution in [1.29, 1.82) is 0 Å². The van der Waals surface area contributed by atoms with Gasteiger partial charge in [0.1, 0.15) is 11.9 Å². The van der Waals surface area contributed by atoms with Crippen molar-refractivity contribution in [3.05, 3.63) is 99.5 Å². The predicted octanol–water partition coefficient (Wildman–Crippen LogP) is 6.17. The smallest absolute Gasteiger partial charge is 0.294 e. The number of urea groups is 1. The summed E-state index contributed by atoms with van der Waals surface area (Å²) in [5.74, 6) is 0.605. The van der Waals surface area contributed by atoms with Crippen LogP contribution in [0.15, 0.2) is 77.8 Å². The summed E-state index contributed by atoms with van der Waals surface area (Å²) in [6.07, 6.45) is 0. The third-order valence-corrected chi connectivity index (χ3v) is 5.56. The molecular weight excluding hydrogens is 405 g/mol. The zero-order valence-corrected chi connectivity index (χ0v) is 17.3. The fraction of sp³-hybridized carbons (Fsp3) is 0.130. The van der Waals surface area contributed by atoms with Crippen molar-refractivity contribution in [2.24, 2.45) is 4.99 Å². The standard InChI is InChI=1S/C23H19Cl2N3O/c1-15-7-9-17(10-8-15)21-22(26-14-16-5-3-2-4-6-16)27-23(29)28(21)18-11-12-19(24)20(25)13-18/h2-13,21H,14H2,1H3,(H,26,27,29). The SMILES string of the molecule is Cc1ccc(C2C(=NCc3ccccc3)NC(=O)N2c2ccc(Cl)c(Cl)c2)cc1. The van der Waals surface area contributed by atoms with E-state index in [2.05, 4.69) is 5.32 Å². The summed E-state index contributed by atoms with van der Waals surface area (Å²) in [6.45, 7) is 2.51. The maximum Gasteiger partial charge on any atom is 0.328 e. The summed E-state index contributed by atoms with van der Waals surface area (Å²) >= 11 is 12.3. The molecule has 29 heavy (non-hydrogen) atoms. The van der Waals surface area contributed by atoms with Gasteiger partial charge in [0.15, 0.2) is 0 Å². The van der Waals surface area contributed by atoms with Gasteiger partial charge in [0.25, 0.3) is 0 Å². The van der Waals surface area contributed by atoms with E-state index in [4.69, 9.17) is 28.2 Å². The van der Waals surface area contributed by atoms with Crippen molar-refractivity contribution in [2.75, 3.05) is 4.90 Å². The monoisotopic (exact) mass is 423 g/mol. The number of benzene rings is 3. The van der Waals surface area contributed by atoms with E-state index in [-0.39, 0.29) is 12.1 Å². The molecule has 2 amide bonds. The lowest BCUT2D eigenvalue weighted by Gasteiger charge is -2.24. The second-order valence-electron chi connectivity index (χ2n) is 6.90. The van der Waals surface area contributed by atoms with Crippen LogP contribution >= 0.6 is 23.2 Å². The Labute approximate surface area is 179 Å². The molecule has 3 aromatic rings. The zero-order chi connectivity index (χ0) is 20.4. The van der Waals surface area contributed by atoms with Crippen LogP contribution in [-0.4, -0.2) is 11.9 Å². The molecule has 1 fully saturated rings. The summed E-state index contributed by atoms with van der Waals surface area (Å²) < 4.78 is 0. The first-order valence-electron chi connectivity index (χ1n) is 9.23. The van der Waals surface area contributed by atoms with Crippen LogP contribution in [0, 0.1) is 6.92 Å². The number of aliphatic imine (C=N–C) groups is 1. The lowest BCUT2D eigenvalue weighted by molar-refractivity contribution is 0.252. The maximum atomic E-state index is 12.9. The number of carbonyl (C=O) groups excluding carboxylic acids is 1. The summed E-state index contributed by atoms with van der Waals surface area (Å²) in [5.41, 5.74) is 3.85. The molecule has 1 saturated heterocycles. The molecule has 0 spiro atoms. The number of rotatable bonds is 4. The molecule has 1 aliphatic rings. The van der Waals surface area contributed by atoms with Crippen molar-refractivity contribution in [1.82, 2.24) is 5.32 Å². The molecule has 0 aromatic heterocycles. The van der Waals surface area contributed by atoms with E-state index in [0.717, 1.165) is 16.7 Å². The highest BCUT2D eigenvalue weighted by atomic mass is 35.5. The molecule has 146 valence electrons. The van der Waals surface area contributed by atoms with E-state index >= 15 is 0 Å². The van der Waals surface area contributed by atoms with Crippen molar-refractivity contribution >= 4 is 40.8 Å². The molecular formula is C23H19Cl2N3O. The van der Waals surface area contributed by atoms with E-state index in [1.807, 2.05) is 61.5 Å². The molecule has 0 radical (unpaired) electrons. The van der Waals surface area contributed by atoms with E-state index in [9.17, 15) is 4.79 Å². The van der Waals surface area contributed by atoms with Crippen LogP contribution in [0.4, 0.5) is 10.5 Å². The van der Waals surface area contributed by atoms with Crippen LogP contribution in [0.3, 0.4) is 0 Å². The highest BCUT2D eigenvalue weighted by Gasteiger charge is 2.38. The number of carbonyl (C=O) groups is 1. The normalized spacial score (nSPS) is 17.6. The number of hydrogen-bond acceptors (Lipinski definition) is 2. The molecule has 4 rings (SSSR count). The predicted molar refractivity (Wildman–Crippen MR) is 119 cm³/mol. The number of hydrogen-bond donors (Lipinski definition) is 1. The Balaban J connectivity index is 1.76. The van der Waals surface area contributed by atoms with Gasteiger partial charge in [-0.25, -0.2) is 4.79 Å². The van der Waals surface area contributed by atoms with E-state index in [1.54, 1.807) is 23.1 Å². The Hall–Kier alpha value is -2.82. The number of nitrogens with one attached hydrogen (secondary N) is 1. The van der Waals surface area contributed by atoms with Gasteiger partial charge >= 0.3 is 6.03 Å². The summed E-state index contributed by atoms with van der Waals surface area (Å²) in [5, 5.41) is 3.77. The van der Waals surface area contributed by atoms with E-state index < -0.39 is 0 Å². The Bertz CT molecular complexity index is 1070. The van der Waals surface area contributed by atoms with Gasteiger partial charge in [-0.2, -0.15) is 0 Å². The largest absolute Gasteiger partial charge is 0.328 e. The fourth-order valence-corrected chi connectivity index (χ4v) is 3.61. The van der Waals surface area contributed by atoms with E-state index in [1.165, 1.54) is 0 Å². The molecule has 0 saturated carbocycles. The number of amidine groups is 1. The summed E-state index contributed by atoms with van der Waals surface area (Å²) in [4.78, 5) is 19.3. The van der Waals surface area contributed by atoms with Gasteiger partial charge < -0.3 is 0 Å². The quantitative estimate of drug-likeness (QED) is 0.535. The highest BCUT2D eigenvalue weighted by molar-refractivity contribution is 6.42. The topological polar surface area (TPSA) is 44.7 Å². The maximum absolute atomic E-state index is 12.9. The molecule has 1 N–H and O–H groups in total. The Kier molecular flexibility index (Phi) is 5.56. The van der Waals surface area contributed by atoms with Crippen LogP contribution < -0.4 is 10.2 Å². The average Bonchev–Trinajstić information content (AvgIpc) is 3.06. The Morgan fingerprint density at radius 2 is 1.69 bits per heavy atom. The Morgan fingerprint density at radius 3 is 2.38 bits per heavy atom. The van der Waals surface area contributed by atoms with Crippen molar-refractivity contribution < 1.29 is 4.79 Å².